The molecule has 0 heterocycles. The maximum absolute atomic E-state index is 9.34. The van der Waals surface area contributed by atoms with Crippen molar-refractivity contribution in [2.24, 2.45) is 11.8 Å². The van der Waals surface area contributed by atoms with E-state index in [2.05, 4.69) is 24.3 Å². The topological polar surface area (TPSA) is 40.5 Å². The molecule has 2 N–H and O–H groups in total. The zero-order valence-corrected chi connectivity index (χ0v) is 17.4. The van der Waals surface area contributed by atoms with E-state index in [0.29, 0.717) is 0 Å². The van der Waals surface area contributed by atoms with E-state index in [0.717, 1.165) is 37.5 Å². The fraction of sp³-hybridized carbons (Fsp3) is 0.833. The number of rotatable bonds is 12. The number of allylic oxidation sites excluding steroid dienone is 4. The highest BCUT2D eigenvalue weighted by Crippen LogP contribution is 2.24. The summed E-state index contributed by atoms with van der Waals surface area (Å²) < 4.78 is 0. The van der Waals surface area contributed by atoms with E-state index in [9.17, 15) is 10.2 Å². The number of aliphatic hydroxyl groups is 2. The summed E-state index contributed by atoms with van der Waals surface area (Å²) in [5.41, 5.74) is 0. The molecule has 0 aromatic carbocycles. The van der Waals surface area contributed by atoms with Crippen molar-refractivity contribution in [3.63, 3.8) is 0 Å². The summed E-state index contributed by atoms with van der Waals surface area (Å²) in [7, 11) is 0. The molecular formula is C24H44O2. The van der Waals surface area contributed by atoms with Crippen LogP contribution in [0.2, 0.25) is 0 Å². The van der Waals surface area contributed by atoms with Gasteiger partial charge in [-0.1, -0.05) is 63.8 Å². The van der Waals surface area contributed by atoms with Gasteiger partial charge in [0.2, 0.25) is 0 Å². The van der Waals surface area contributed by atoms with Crippen molar-refractivity contribution in [1.82, 2.24) is 0 Å². The van der Waals surface area contributed by atoms with Crippen LogP contribution < -0.4 is 0 Å². The molecule has 0 amide bonds. The molecule has 2 heteroatoms. The lowest BCUT2D eigenvalue weighted by Gasteiger charge is -2.09. The van der Waals surface area contributed by atoms with Gasteiger partial charge in [-0.25, -0.2) is 0 Å². The van der Waals surface area contributed by atoms with Crippen LogP contribution in [0.15, 0.2) is 24.3 Å². The zero-order chi connectivity index (χ0) is 19.0. The molecule has 0 spiro atoms. The number of aliphatic hydroxyl groups excluding tert-OH is 2. The third-order valence-electron chi connectivity index (χ3n) is 5.89. The van der Waals surface area contributed by atoms with Crippen molar-refractivity contribution in [1.29, 1.82) is 0 Å². The van der Waals surface area contributed by atoms with Crippen LogP contribution in [0.4, 0.5) is 0 Å². The molecule has 2 nitrogen and oxygen atoms in total. The van der Waals surface area contributed by atoms with Gasteiger partial charge >= 0.3 is 0 Å². The smallest absolute Gasteiger partial charge is 0.0537 e. The van der Waals surface area contributed by atoms with Crippen LogP contribution in [-0.4, -0.2) is 22.4 Å². The Morgan fingerprint density at radius 1 is 0.731 bits per heavy atom. The van der Waals surface area contributed by atoms with E-state index in [1.165, 1.54) is 64.2 Å². The molecule has 152 valence electrons. The van der Waals surface area contributed by atoms with Crippen molar-refractivity contribution in [2.45, 2.75) is 116 Å². The zero-order valence-electron chi connectivity index (χ0n) is 17.4. The lowest BCUT2D eigenvalue weighted by Crippen LogP contribution is -2.03. The van der Waals surface area contributed by atoms with Crippen LogP contribution in [0, 0.1) is 11.8 Å². The normalized spacial score (nSPS) is 23.7. The minimum absolute atomic E-state index is 0.0564. The molecule has 0 aromatic rings. The summed E-state index contributed by atoms with van der Waals surface area (Å²) in [6.07, 6.45) is 25.9. The van der Waals surface area contributed by atoms with Crippen molar-refractivity contribution in [3.8, 4) is 0 Å². The Balaban J connectivity index is 0.000000260. The molecule has 4 unspecified atom stereocenters. The standard InChI is InChI=1S/2C12H22O/c2*1-2-12(13)10-6-5-9-11-7-3-4-8-11/h2*3,7,11-13H,2,4-6,8-10H2,1H3. The van der Waals surface area contributed by atoms with Gasteiger partial charge in [0.05, 0.1) is 12.2 Å². The highest BCUT2D eigenvalue weighted by molar-refractivity contribution is 4.96. The van der Waals surface area contributed by atoms with Gasteiger partial charge in [0, 0.05) is 0 Å². The van der Waals surface area contributed by atoms with E-state index in [-0.39, 0.29) is 12.2 Å². The summed E-state index contributed by atoms with van der Waals surface area (Å²) >= 11 is 0. The monoisotopic (exact) mass is 364 g/mol. The van der Waals surface area contributed by atoms with Crippen LogP contribution in [0.25, 0.3) is 0 Å². The lowest BCUT2D eigenvalue weighted by molar-refractivity contribution is 0.156. The summed E-state index contributed by atoms with van der Waals surface area (Å²) in [5, 5.41) is 18.7. The Bertz CT molecular complexity index is 338. The molecule has 0 radical (unpaired) electrons. The molecule has 0 aromatic heterocycles. The quantitative estimate of drug-likeness (QED) is 0.304. The Labute approximate surface area is 162 Å². The molecule has 2 aliphatic carbocycles. The van der Waals surface area contributed by atoms with Gasteiger partial charge < -0.3 is 10.2 Å². The van der Waals surface area contributed by atoms with E-state index < -0.39 is 0 Å². The Hall–Kier alpha value is -0.600. The molecule has 4 atom stereocenters. The van der Waals surface area contributed by atoms with Gasteiger partial charge in [-0.15, -0.1) is 0 Å². The van der Waals surface area contributed by atoms with Gasteiger partial charge in [-0.05, 0) is 76.0 Å². The van der Waals surface area contributed by atoms with Crippen molar-refractivity contribution in [2.75, 3.05) is 0 Å². The van der Waals surface area contributed by atoms with Crippen molar-refractivity contribution < 1.29 is 10.2 Å². The second kappa shape index (κ2) is 15.5. The fourth-order valence-corrected chi connectivity index (χ4v) is 3.85. The largest absolute Gasteiger partial charge is 0.393 e. The van der Waals surface area contributed by atoms with E-state index in [1.54, 1.807) is 0 Å². The molecule has 26 heavy (non-hydrogen) atoms. The van der Waals surface area contributed by atoms with Crippen LogP contribution in [0.5, 0.6) is 0 Å². The van der Waals surface area contributed by atoms with Crippen molar-refractivity contribution in [3.05, 3.63) is 24.3 Å². The Morgan fingerprint density at radius 2 is 1.15 bits per heavy atom. The number of hydrogen-bond acceptors (Lipinski definition) is 2. The van der Waals surface area contributed by atoms with Gasteiger partial charge in [0.1, 0.15) is 0 Å². The summed E-state index contributed by atoms with van der Waals surface area (Å²) in [6, 6.07) is 0. The van der Waals surface area contributed by atoms with E-state index in [1.807, 2.05) is 13.8 Å². The first-order valence-electron chi connectivity index (χ1n) is 11.3. The predicted octanol–water partition coefficient (Wildman–Crippen LogP) is 6.57. The molecule has 2 aliphatic rings. The van der Waals surface area contributed by atoms with Crippen LogP contribution in [0.1, 0.15) is 104 Å². The number of hydrogen-bond donors (Lipinski definition) is 2. The van der Waals surface area contributed by atoms with Crippen LogP contribution in [0.3, 0.4) is 0 Å². The predicted molar refractivity (Wildman–Crippen MR) is 113 cm³/mol. The summed E-state index contributed by atoms with van der Waals surface area (Å²) in [5.74, 6) is 1.69. The molecule has 0 saturated heterocycles. The first-order chi connectivity index (χ1) is 12.7. The maximum atomic E-state index is 9.34. The first kappa shape index (κ1) is 23.4. The van der Waals surface area contributed by atoms with Gasteiger partial charge in [-0.3, -0.25) is 0 Å². The average Bonchev–Trinajstić information content (AvgIpc) is 3.36. The number of unbranched alkanes of at least 4 members (excludes halogenated alkanes) is 2. The minimum atomic E-state index is -0.0564. The van der Waals surface area contributed by atoms with Gasteiger partial charge in [-0.2, -0.15) is 0 Å². The molecule has 0 aliphatic heterocycles. The third kappa shape index (κ3) is 11.9. The lowest BCUT2D eigenvalue weighted by atomic mass is 9.99. The molecule has 2 rings (SSSR count). The van der Waals surface area contributed by atoms with E-state index >= 15 is 0 Å². The second-order valence-electron chi connectivity index (χ2n) is 8.22. The van der Waals surface area contributed by atoms with Crippen molar-refractivity contribution >= 4 is 0 Å². The molecular weight excluding hydrogens is 320 g/mol. The fourth-order valence-electron chi connectivity index (χ4n) is 3.85. The first-order valence-corrected chi connectivity index (χ1v) is 11.3. The Kier molecular flexibility index (Phi) is 13.9. The Morgan fingerprint density at radius 3 is 1.46 bits per heavy atom. The van der Waals surface area contributed by atoms with Gasteiger partial charge in [0.15, 0.2) is 0 Å². The van der Waals surface area contributed by atoms with Crippen LogP contribution in [-0.2, 0) is 0 Å². The molecule has 0 fully saturated rings. The second-order valence-corrected chi connectivity index (χ2v) is 8.22. The highest BCUT2D eigenvalue weighted by atomic mass is 16.3. The minimum Gasteiger partial charge on any atom is -0.393 e. The van der Waals surface area contributed by atoms with E-state index in [4.69, 9.17) is 0 Å². The van der Waals surface area contributed by atoms with Gasteiger partial charge in [0.25, 0.3) is 0 Å². The van der Waals surface area contributed by atoms with Crippen LogP contribution >= 0.6 is 0 Å². The molecule has 0 saturated carbocycles. The SMILES string of the molecule is CCC(O)CCCCC1C=CCC1.CCC(O)CCCCC1C=CCC1. The summed E-state index contributed by atoms with van der Waals surface area (Å²) in [6.45, 7) is 4.09. The highest BCUT2D eigenvalue weighted by Gasteiger charge is 2.09. The maximum Gasteiger partial charge on any atom is 0.0537 e. The molecule has 0 bridgehead atoms. The average molecular weight is 365 g/mol. The summed E-state index contributed by atoms with van der Waals surface area (Å²) in [4.78, 5) is 0. The third-order valence-corrected chi connectivity index (χ3v) is 5.89.